The minimum absolute atomic E-state index is 0.204. The van der Waals surface area contributed by atoms with Crippen LogP contribution < -0.4 is 0 Å². The summed E-state index contributed by atoms with van der Waals surface area (Å²) in [6, 6.07) is 5.17. The number of fused-ring (bicyclic) bond motifs is 1. The molecule has 0 atom stereocenters. The fourth-order valence-corrected chi connectivity index (χ4v) is 2.79. The molecule has 16 heavy (non-hydrogen) atoms. The molecule has 2 N–H and O–H groups in total. The molecule has 0 saturated carbocycles. The second-order valence-corrected chi connectivity index (χ2v) is 5.11. The zero-order chi connectivity index (χ0) is 11.9. The molecule has 1 aromatic heterocycles. The molecule has 0 aliphatic heterocycles. The molecule has 2 aromatic rings. The van der Waals surface area contributed by atoms with Crippen LogP contribution in [-0.2, 0) is 10.2 Å². The molecule has 0 spiro atoms. The number of aromatic hydroxyl groups is 1. The van der Waals surface area contributed by atoms with Gasteiger partial charge in [0, 0.05) is 5.39 Å². The molecule has 3 nitrogen and oxygen atoms in total. The van der Waals surface area contributed by atoms with Gasteiger partial charge >= 0.3 is 5.97 Å². The van der Waals surface area contributed by atoms with Crippen molar-refractivity contribution < 1.29 is 15.0 Å². The van der Waals surface area contributed by atoms with Crippen molar-refractivity contribution >= 4 is 27.4 Å². The van der Waals surface area contributed by atoms with Crippen molar-refractivity contribution in [3.05, 3.63) is 29.1 Å². The van der Waals surface area contributed by atoms with E-state index in [-0.39, 0.29) is 5.75 Å². The number of aliphatic carboxylic acids is 1. The third-order valence-corrected chi connectivity index (χ3v) is 3.81. The van der Waals surface area contributed by atoms with Crippen LogP contribution in [0.5, 0.6) is 5.75 Å². The Morgan fingerprint density at radius 3 is 2.69 bits per heavy atom. The summed E-state index contributed by atoms with van der Waals surface area (Å²) in [5, 5.41) is 21.5. The smallest absolute Gasteiger partial charge is 0.313 e. The molecule has 1 aromatic carbocycles. The van der Waals surface area contributed by atoms with Crippen molar-refractivity contribution in [2.24, 2.45) is 0 Å². The Morgan fingerprint density at radius 2 is 2.06 bits per heavy atom. The van der Waals surface area contributed by atoms with Crippen molar-refractivity contribution in [1.82, 2.24) is 0 Å². The highest BCUT2D eigenvalue weighted by Crippen LogP contribution is 2.38. The Bertz CT molecular complexity index is 554. The second kappa shape index (κ2) is 3.49. The molecule has 84 valence electrons. The number of phenols is 1. The van der Waals surface area contributed by atoms with Gasteiger partial charge in [-0.2, -0.15) is 0 Å². The quantitative estimate of drug-likeness (QED) is 0.842. The Kier molecular flexibility index (Phi) is 2.39. The van der Waals surface area contributed by atoms with Gasteiger partial charge in [-0.1, -0.05) is 12.1 Å². The third kappa shape index (κ3) is 1.46. The first-order chi connectivity index (χ1) is 7.44. The van der Waals surface area contributed by atoms with Gasteiger partial charge in [0.15, 0.2) is 0 Å². The summed E-state index contributed by atoms with van der Waals surface area (Å²) in [5.41, 5.74) is -0.192. The zero-order valence-electron chi connectivity index (χ0n) is 9.02. The van der Waals surface area contributed by atoms with Gasteiger partial charge < -0.3 is 10.2 Å². The fraction of sp³-hybridized carbons (Fsp3) is 0.250. The van der Waals surface area contributed by atoms with Gasteiger partial charge in [0.2, 0.25) is 0 Å². The molecule has 0 unspecified atom stereocenters. The van der Waals surface area contributed by atoms with Crippen LogP contribution in [0.3, 0.4) is 0 Å². The largest absolute Gasteiger partial charge is 0.506 e. The SMILES string of the molecule is CC(C)(C(=O)O)c1csc2c(O)cccc12. The van der Waals surface area contributed by atoms with Gasteiger partial charge in [-0.3, -0.25) is 4.79 Å². The van der Waals surface area contributed by atoms with Gasteiger partial charge in [-0.15, -0.1) is 11.3 Å². The lowest BCUT2D eigenvalue weighted by Gasteiger charge is -2.18. The lowest BCUT2D eigenvalue weighted by molar-refractivity contribution is -0.142. The van der Waals surface area contributed by atoms with E-state index in [0.717, 1.165) is 15.6 Å². The molecule has 0 aliphatic rings. The van der Waals surface area contributed by atoms with Crippen LogP contribution in [0.2, 0.25) is 0 Å². The van der Waals surface area contributed by atoms with Crippen LogP contribution >= 0.6 is 11.3 Å². The maximum Gasteiger partial charge on any atom is 0.313 e. The lowest BCUT2D eigenvalue weighted by Crippen LogP contribution is -2.28. The maximum absolute atomic E-state index is 11.2. The van der Waals surface area contributed by atoms with Gasteiger partial charge in [0.25, 0.3) is 0 Å². The van der Waals surface area contributed by atoms with Crippen LogP contribution in [0, 0.1) is 0 Å². The number of carboxylic acid groups (broad SMARTS) is 1. The molecular weight excluding hydrogens is 224 g/mol. The standard InChI is InChI=1S/C12H12O3S/c1-12(2,11(14)15)8-6-16-10-7(8)4-3-5-9(10)13/h3-6,13H,1-2H3,(H,14,15). The summed E-state index contributed by atoms with van der Waals surface area (Å²) < 4.78 is 0.742. The predicted octanol–water partition coefficient (Wildman–Crippen LogP) is 2.97. The number of hydrogen-bond donors (Lipinski definition) is 2. The van der Waals surface area contributed by atoms with E-state index in [9.17, 15) is 15.0 Å². The van der Waals surface area contributed by atoms with Crippen molar-refractivity contribution in [3.63, 3.8) is 0 Å². The molecule has 0 saturated heterocycles. The van der Waals surface area contributed by atoms with Crippen LogP contribution in [0.15, 0.2) is 23.6 Å². The molecule has 4 heteroatoms. The van der Waals surface area contributed by atoms with Crippen molar-refractivity contribution in [1.29, 1.82) is 0 Å². The maximum atomic E-state index is 11.2. The number of carbonyl (C=O) groups is 1. The summed E-state index contributed by atoms with van der Waals surface area (Å²) in [7, 11) is 0. The third-order valence-electron chi connectivity index (χ3n) is 2.79. The highest BCUT2D eigenvalue weighted by molar-refractivity contribution is 7.17. The summed E-state index contributed by atoms with van der Waals surface area (Å²) in [5.74, 6) is -0.662. The lowest BCUT2D eigenvalue weighted by atomic mass is 9.85. The van der Waals surface area contributed by atoms with Crippen molar-refractivity contribution in [3.8, 4) is 5.75 Å². The average molecular weight is 236 g/mol. The van der Waals surface area contributed by atoms with Gasteiger partial charge in [0.1, 0.15) is 5.75 Å². The van der Waals surface area contributed by atoms with E-state index in [0.29, 0.717) is 0 Å². The van der Waals surface area contributed by atoms with Crippen LogP contribution in [0.4, 0.5) is 0 Å². The number of benzene rings is 1. The molecule has 2 rings (SSSR count). The van der Waals surface area contributed by atoms with E-state index < -0.39 is 11.4 Å². The highest BCUT2D eigenvalue weighted by Gasteiger charge is 2.32. The average Bonchev–Trinajstić information content (AvgIpc) is 2.63. The number of hydrogen-bond acceptors (Lipinski definition) is 3. The van der Waals surface area contributed by atoms with Gasteiger partial charge in [-0.05, 0) is 30.9 Å². The number of phenolic OH excluding ortho intramolecular Hbond substituents is 1. The van der Waals surface area contributed by atoms with Gasteiger partial charge in [0.05, 0.1) is 10.1 Å². The first-order valence-electron chi connectivity index (χ1n) is 4.87. The van der Waals surface area contributed by atoms with E-state index in [2.05, 4.69) is 0 Å². The first kappa shape index (κ1) is 11.0. The summed E-state index contributed by atoms with van der Waals surface area (Å²) in [6.07, 6.45) is 0. The monoisotopic (exact) mass is 236 g/mol. The molecule has 0 fully saturated rings. The Hall–Kier alpha value is -1.55. The molecule has 1 heterocycles. The Labute approximate surface area is 97.0 Å². The van der Waals surface area contributed by atoms with Crippen LogP contribution in [0.25, 0.3) is 10.1 Å². The predicted molar refractivity (Wildman–Crippen MR) is 64.2 cm³/mol. The number of rotatable bonds is 2. The van der Waals surface area contributed by atoms with Crippen LogP contribution in [-0.4, -0.2) is 16.2 Å². The van der Waals surface area contributed by atoms with E-state index in [1.165, 1.54) is 11.3 Å². The van der Waals surface area contributed by atoms with Crippen molar-refractivity contribution in [2.75, 3.05) is 0 Å². The summed E-state index contributed by atoms with van der Waals surface area (Å²) in [4.78, 5) is 11.2. The molecular formula is C12H12O3S. The molecule has 0 amide bonds. The van der Waals surface area contributed by atoms with E-state index in [1.54, 1.807) is 31.4 Å². The van der Waals surface area contributed by atoms with Gasteiger partial charge in [-0.25, -0.2) is 0 Å². The molecule has 0 bridgehead atoms. The zero-order valence-corrected chi connectivity index (χ0v) is 9.84. The number of thiophene rings is 1. The van der Waals surface area contributed by atoms with E-state index in [1.807, 2.05) is 6.07 Å². The minimum Gasteiger partial charge on any atom is -0.506 e. The fourth-order valence-electron chi connectivity index (χ4n) is 1.64. The Balaban J connectivity index is 2.72. The minimum atomic E-state index is -0.938. The van der Waals surface area contributed by atoms with E-state index in [4.69, 9.17) is 0 Å². The number of carboxylic acids is 1. The topological polar surface area (TPSA) is 57.5 Å². The highest BCUT2D eigenvalue weighted by atomic mass is 32.1. The summed E-state index contributed by atoms with van der Waals surface area (Å²) >= 11 is 1.37. The summed E-state index contributed by atoms with van der Waals surface area (Å²) in [6.45, 7) is 3.34. The molecule has 0 radical (unpaired) electrons. The molecule has 0 aliphatic carbocycles. The van der Waals surface area contributed by atoms with Crippen LogP contribution in [0.1, 0.15) is 19.4 Å². The first-order valence-corrected chi connectivity index (χ1v) is 5.75. The normalized spacial score (nSPS) is 11.9. The second-order valence-electron chi connectivity index (χ2n) is 4.23. The van der Waals surface area contributed by atoms with E-state index >= 15 is 0 Å². The Morgan fingerprint density at radius 1 is 1.38 bits per heavy atom. The van der Waals surface area contributed by atoms with Crippen molar-refractivity contribution in [2.45, 2.75) is 19.3 Å².